The van der Waals surface area contributed by atoms with Gasteiger partial charge in [-0.05, 0) is 45.4 Å². The summed E-state index contributed by atoms with van der Waals surface area (Å²) in [5.41, 5.74) is 0. The summed E-state index contributed by atoms with van der Waals surface area (Å²) >= 11 is 5.95. The lowest BCUT2D eigenvalue weighted by molar-refractivity contribution is 0.230. The van der Waals surface area contributed by atoms with Crippen molar-refractivity contribution in [3.05, 3.63) is 29.3 Å². The van der Waals surface area contributed by atoms with Gasteiger partial charge in [-0.15, -0.1) is 24.0 Å². The maximum Gasteiger partial charge on any atom is 0.191 e. The van der Waals surface area contributed by atoms with Crippen LogP contribution in [0.15, 0.2) is 29.3 Å². The van der Waals surface area contributed by atoms with Crippen LogP contribution in [0.2, 0.25) is 5.02 Å². The van der Waals surface area contributed by atoms with Gasteiger partial charge in [0.1, 0.15) is 21.7 Å². The summed E-state index contributed by atoms with van der Waals surface area (Å²) in [7, 11) is -2.96. The van der Waals surface area contributed by atoms with Gasteiger partial charge >= 0.3 is 0 Å². The number of hydrogen-bond donors (Lipinski definition) is 2. The van der Waals surface area contributed by atoms with Crippen molar-refractivity contribution in [2.24, 2.45) is 4.99 Å². The summed E-state index contributed by atoms with van der Waals surface area (Å²) in [6.07, 6.45) is 1.64. The number of ether oxygens (including phenoxy) is 1. The number of benzene rings is 1. The fourth-order valence-electron chi connectivity index (χ4n) is 2.05. The van der Waals surface area contributed by atoms with Crippen LogP contribution in [0.4, 0.5) is 0 Å². The predicted octanol–water partition coefficient (Wildman–Crippen LogP) is 3.10. The minimum atomic E-state index is -2.96. The molecule has 0 bridgehead atoms. The van der Waals surface area contributed by atoms with Crippen LogP contribution in [0.25, 0.3) is 0 Å². The summed E-state index contributed by atoms with van der Waals surface area (Å²) in [5.74, 6) is 1.49. The number of hydrogen-bond acceptors (Lipinski definition) is 4. The zero-order valence-electron chi connectivity index (χ0n) is 15.7. The number of nitrogens with zero attached hydrogens (tertiary/aromatic N) is 1. The fourth-order valence-corrected chi connectivity index (χ4v) is 3.01. The average molecular weight is 518 g/mol. The highest BCUT2D eigenvalue weighted by Gasteiger charge is 2.10. The molecule has 2 atom stereocenters. The Hall–Kier alpha value is -0.740. The molecule has 1 rings (SSSR count). The summed E-state index contributed by atoms with van der Waals surface area (Å²) in [6.45, 7) is 7.02. The van der Waals surface area contributed by atoms with Crippen molar-refractivity contribution >= 4 is 51.4 Å². The van der Waals surface area contributed by atoms with Gasteiger partial charge in [0.15, 0.2) is 5.96 Å². The molecule has 2 N–H and O–H groups in total. The highest BCUT2D eigenvalue weighted by Crippen LogP contribution is 2.18. The van der Waals surface area contributed by atoms with E-state index < -0.39 is 9.84 Å². The third-order valence-corrected chi connectivity index (χ3v) is 4.50. The Bertz CT molecular complexity index is 671. The van der Waals surface area contributed by atoms with E-state index in [4.69, 9.17) is 16.3 Å². The summed E-state index contributed by atoms with van der Waals surface area (Å²) in [5, 5.41) is 7.00. The number of aliphatic imine (C=N–C) groups is 1. The molecule has 0 radical (unpaired) electrons. The smallest absolute Gasteiger partial charge is 0.191 e. The van der Waals surface area contributed by atoms with Crippen LogP contribution in [0.3, 0.4) is 0 Å². The van der Waals surface area contributed by atoms with Crippen molar-refractivity contribution in [2.75, 3.05) is 25.1 Å². The molecular formula is C17H29ClIN3O3S. The number of nitrogens with one attached hydrogen (secondary N) is 2. The minimum absolute atomic E-state index is 0. The van der Waals surface area contributed by atoms with Crippen molar-refractivity contribution in [3.63, 3.8) is 0 Å². The molecule has 0 fully saturated rings. The highest BCUT2D eigenvalue weighted by molar-refractivity contribution is 14.0. The number of sulfone groups is 1. The second kappa shape index (κ2) is 12.6. The lowest BCUT2D eigenvalue weighted by Crippen LogP contribution is -2.43. The number of guanidine groups is 1. The van der Waals surface area contributed by atoms with E-state index >= 15 is 0 Å². The first kappa shape index (κ1) is 25.3. The van der Waals surface area contributed by atoms with Crippen LogP contribution in [0.5, 0.6) is 5.75 Å². The standard InChI is InChI=1S/C17H28ClN3O3S.HI/c1-5-19-17(21-13(2)9-10-25(4,22)23)20-12-14(3)24-16-8-6-7-15(18)11-16;/h6-8,11,13-14H,5,9-10,12H2,1-4H3,(H2,19,20,21);1H. The Morgan fingerprint density at radius 3 is 2.62 bits per heavy atom. The lowest BCUT2D eigenvalue weighted by atomic mass is 10.3. The molecule has 0 heterocycles. The van der Waals surface area contributed by atoms with Crippen molar-refractivity contribution in [2.45, 2.75) is 39.3 Å². The third-order valence-electron chi connectivity index (χ3n) is 3.29. The van der Waals surface area contributed by atoms with Crippen molar-refractivity contribution in [3.8, 4) is 5.75 Å². The molecule has 150 valence electrons. The van der Waals surface area contributed by atoms with E-state index in [-0.39, 0.29) is 41.9 Å². The normalized spacial score (nSPS) is 14.1. The van der Waals surface area contributed by atoms with Gasteiger partial charge in [0.05, 0.1) is 12.3 Å². The SMILES string of the molecule is CCNC(=NCC(C)Oc1cccc(Cl)c1)NC(C)CCS(C)(=O)=O.I. The van der Waals surface area contributed by atoms with Crippen molar-refractivity contribution < 1.29 is 13.2 Å². The molecule has 2 unspecified atom stereocenters. The summed E-state index contributed by atoms with van der Waals surface area (Å²) in [4.78, 5) is 4.50. The maximum absolute atomic E-state index is 11.3. The zero-order valence-corrected chi connectivity index (χ0v) is 19.6. The van der Waals surface area contributed by atoms with Gasteiger partial charge in [0.2, 0.25) is 0 Å². The third kappa shape index (κ3) is 11.8. The molecular weight excluding hydrogens is 489 g/mol. The van der Waals surface area contributed by atoms with Gasteiger partial charge in [-0.1, -0.05) is 17.7 Å². The second-order valence-corrected chi connectivity index (χ2v) is 8.77. The maximum atomic E-state index is 11.3. The molecule has 1 aromatic rings. The number of halogens is 2. The summed E-state index contributed by atoms with van der Waals surface area (Å²) < 4.78 is 28.3. The molecule has 0 aromatic heterocycles. The molecule has 0 saturated carbocycles. The number of rotatable bonds is 9. The van der Waals surface area contributed by atoms with Crippen LogP contribution in [-0.2, 0) is 9.84 Å². The predicted molar refractivity (Wildman–Crippen MR) is 120 cm³/mol. The molecule has 26 heavy (non-hydrogen) atoms. The molecule has 0 aliphatic carbocycles. The van der Waals surface area contributed by atoms with Gasteiger partial charge in [-0.3, -0.25) is 0 Å². The van der Waals surface area contributed by atoms with Crippen LogP contribution >= 0.6 is 35.6 Å². The Morgan fingerprint density at radius 2 is 2.04 bits per heavy atom. The quantitative estimate of drug-likeness (QED) is 0.299. The van der Waals surface area contributed by atoms with E-state index in [1.54, 1.807) is 12.1 Å². The van der Waals surface area contributed by atoms with Crippen LogP contribution in [0, 0.1) is 0 Å². The van der Waals surface area contributed by atoms with Crippen LogP contribution in [0.1, 0.15) is 27.2 Å². The van der Waals surface area contributed by atoms with Gasteiger partial charge in [-0.2, -0.15) is 0 Å². The van der Waals surface area contributed by atoms with E-state index in [0.717, 1.165) is 0 Å². The van der Waals surface area contributed by atoms with E-state index in [1.807, 2.05) is 32.9 Å². The molecule has 9 heteroatoms. The molecule has 1 aromatic carbocycles. The Labute approximate surface area is 179 Å². The van der Waals surface area contributed by atoms with Crippen LogP contribution in [-0.4, -0.2) is 51.6 Å². The highest BCUT2D eigenvalue weighted by atomic mass is 127. The van der Waals surface area contributed by atoms with Gasteiger partial charge in [-0.25, -0.2) is 13.4 Å². The van der Waals surface area contributed by atoms with Gasteiger partial charge in [0, 0.05) is 23.9 Å². The Morgan fingerprint density at radius 1 is 1.35 bits per heavy atom. The minimum Gasteiger partial charge on any atom is -0.489 e. The summed E-state index contributed by atoms with van der Waals surface area (Å²) in [6, 6.07) is 7.24. The molecule has 0 spiro atoms. The molecule has 6 nitrogen and oxygen atoms in total. The Kier molecular flexibility index (Phi) is 12.3. The first-order chi connectivity index (χ1) is 11.7. The van der Waals surface area contributed by atoms with Crippen molar-refractivity contribution in [1.29, 1.82) is 0 Å². The second-order valence-electron chi connectivity index (χ2n) is 6.07. The van der Waals surface area contributed by atoms with E-state index in [1.165, 1.54) is 6.26 Å². The first-order valence-corrected chi connectivity index (χ1v) is 10.8. The first-order valence-electron chi connectivity index (χ1n) is 8.34. The molecule has 0 amide bonds. The van der Waals surface area contributed by atoms with Gasteiger partial charge < -0.3 is 15.4 Å². The van der Waals surface area contributed by atoms with E-state index in [2.05, 4.69) is 15.6 Å². The molecule has 0 aliphatic rings. The van der Waals surface area contributed by atoms with E-state index in [9.17, 15) is 8.42 Å². The molecule has 0 saturated heterocycles. The topological polar surface area (TPSA) is 79.8 Å². The average Bonchev–Trinajstić information content (AvgIpc) is 2.50. The monoisotopic (exact) mass is 517 g/mol. The Balaban J connectivity index is 0.00000625. The van der Waals surface area contributed by atoms with Gasteiger partial charge in [0.25, 0.3) is 0 Å². The molecule has 0 aliphatic heterocycles. The van der Waals surface area contributed by atoms with Crippen LogP contribution < -0.4 is 15.4 Å². The largest absolute Gasteiger partial charge is 0.489 e. The van der Waals surface area contributed by atoms with Crippen molar-refractivity contribution in [1.82, 2.24) is 10.6 Å². The fraction of sp³-hybridized carbons (Fsp3) is 0.588. The lowest BCUT2D eigenvalue weighted by Gasteiger charge is -2.19. The zero-order chi connectivity index (χ0) is 18.9. The van der Waals surface area contributed by atoms with E-state index in [0.29, 0.717) is 36.2 Å².